The molecule has 0 aromatic carbocycles. The monoisotopic (exact) mass is 325 g/mol. The lowest BCUT2D eigenvalue weighted by molar-refractivity contribution is 0.0735. The van der Waals surface area contributed by atoms with Crippen LogP contribution in [0.4, 0.5) is 0 Å². The van der Waals surface area contributed by atoms with Gasteiger partial charge in [0, 0.05) is 18.0 Å². The minimum atomic E-state index is -3.23. The fourth-order valence-corrected chi connectivity index (χ4v) is 5.50. The van der Waals surface area contributed by atoms with E-state index >= 15 is 0 Å². The molecular formula is C14H15NO4S2. The van der Waals surface area contributed by atoms with E-state index in [1.807, 2.05) is 17.5 Å². The maximum atomic E-state index is 12.4. The molecule has 2 aromatic rings. The van der Waals surface area contributed by atoms with E-state index in [9.17, 15) is 13.2 Å². The van der Waals surface area contributed by atoms with E-state index < -0.39 is 15.1 Å². The zero-order chi connectivity index (χ0) is 14.9. The normalized spacial score (nSPS) is 21.9. The molecule has 112 valence electrons. The lowest BCUT2D eigenvalue weighted by atomic mass is 10.2. The van der Waals surface area contributed by atoms with Crippen LogP contribution in [0.25, 0.3) is 0 Å². The second-order valence-corrected chi connectivity index (χ2v) is 8.21. The molecule has 0 saturated carbocycles. The molecule has 0 spiro atoms. The molecule has 1 fully saturated rings. The zero-order valence-electron chi connectivity index (χ0n) is 11.3. The van der Waals surface area contributed by atoms with Crippen molar-refractivity contribution in [3.63, 3.8) is 0 Å². The topological polar surface area (TPSA) is 67.6 Å². The highest BCUT2D eigenvalue weighted by molar-refractivity contribution is 7.91. The Balaban J connectivity index is 1.81. The lowest BCUT2D eigenvalue weighted by Crippen LogP contribution is -2.33. The van der Waals surface area contributed by atoms with Crippen LogP contribution in [-0.2, 0) is 9.84 Å². The van der Waals surface area contributed by atoms with Gasteiger partial charge in [0.25, 0.3) is 5.91 Å². The van der Waals surface area contributed by atoms with Gasteiger partial charge in [0.2, 0.25) is 0 Å². The Morgan fingerprint density at radius 3 is 2.81 bits per heavy atom. The highest BCUT2D eigenvalue weighted by atomic mass is 32.2. The van der Waals surface area contributed by atoms with Gasteiger partial charge in [-0.25, -0.2) is 8.42 Å². The van der Waals surface area contributed by atoms with E-state index in [0.717, 1.165) is 4.88 Å². The van der Waals surface area contributed by atoms with E-state index in [1.165, 1.54) is 17.6 Å². The van der Waals surface area contributed by atoms with Crippen molar-refractivity contribution in [2.24, 2.45) is 0 Å². The van der Waals surface area contributed by atoms with E-state index in [1.54, 1.807) is 17.0 Å². The second-order valence-electron chi connectivity index (χ2n) is 4.93. The number of thiophene rings is 1. The fourth-order valence-electron chi connectivity index (χ4n) is 2.50. The lowest BCUT2D eigenvalue weighted by Gasteiger charge is -2.18. The van der Waals surface area contributed by atoms with Crippen LogP contribution in [-0.4, -0.2) is 38.1 Å². The molecule has 0 N–H and O–H groups in total. The first-order valence-corrected chi connectivity index (χ1v) is 9.25. The predicted octanol–water partition coefficient (Wildman–Crippen LogP) is 2.34. The standard InChI is InChI=1S/C14H15NO4S2/c16-14(11-3-1-8-19-11)15-6-5-13(12-4-2-9-20-12)21(17,18)10-7-15/h1-4,8-9,13H,5-7,10H2. The first-order chi connectivity index (χ1) is 10.1. The minimum absolute atomic E-state index is 0.0119. The van der Waals surface area contributed by atoms with Gasteiger partial charge in [0.05, 0.1) is 17.3 Å². The van der Waals surface area contributed by atoms with E-state index in [2.05, 4.69) is 0 Å². The molecular weight excluding hydrogens is 310 g/mol. The number of hydrogen-bond acceptors (Lipinski definition) is 5. The average Bonchev–Trinajstić information content (AvgIpc) is 3.12. The van der Waals surface area contributed by atoms with Crippen LogP contribution in [0.2, 0.25) is 0 Å². The molecule has 0 bridgehead atoms. The molecule has 0 aliphatic carbocycles. The summed E-state index contributed by atoms with van der Waals surface area (Å²) in [7, 11) is -3.23. The molecule has 7 heteroatoms. The maximum Gasteiger partial charge on any atom is 0.289 e. The van der Waals surface area contributed by atoms with Crippen LogP contribution in [0, 0.1) is 0 Å². The molecule has 1 saturated heterocycles. The summed E-state index contributed by atoms with van der Waals surface area (Å²) in [6.45, 7) is 0.630. The van der Waals surface area contributed by atoms with Crippen molar-refractivity contribution in [2.45, 2.75) is 11.7 Å². The maximum absolute atomic E-state index is 12.4. The van der Waals surface area contributed by atoms with Crippen molar-refractivity contribution in [1.29, 1.82) is 0 Å². The van der Waals surface area contributed by atoms with Gasteiger partial charge < -0.3 is 9.32 Å². The highest BCUT2D eigenvalue weighted by Crippen LogP contribution is 2.32. The van der Waals surface area contributed by atoms with Crippen molar-refractivity contribution in [3.8, 4) is 0 Å². The van der Waals surface area contributed by atoms with E-state index in [-0.39, 0.29) is 24.0 Å². The number of rotatable bonds is 2. The second kappa shape index (κ2) is 5.65. The number of amides is 1. The molecule has 1 atom stereocenters. The third kappa shape index (κ3) is 2.89. The molecule has 1 aliphatic rings. The van der Waals surface area contributed by atoms with Crippen LogP contribution < -0.4 is 0 Å². The Hall–Kier alpha value is -1.60. The van der Waals surface area contributed by atoms with Crippen LogP contribution >= 0.6 is 11.3 Å². The molecule has 21 heavy (non-hydrogen) atoms. The summed E-state index contributed by atoms with van der Waals surface area (Å²) in [6.07, 6.45) is 1.87. The summed E-state index contributed by atoms with van der Waals surface area (Å²) in [5, 5.41) is 1.37. The molecule has 5 nitrogen and oxygen atoms in total. The number of hydrogen-bond donors (Lipinski definition) is 0. The third-order valence-electron chi connectivity index (χ3n) is 3.62. The fraction of sp³-hybridized carbons (Fsp3) is 0.357. The van der Waals surface area contributed by atoms with Crippen molar-refractivity contribution < 1.29 is 17.6 Å². The molecule has 3 rings (SSSR count). The number of carbonyl (C=O) groups is 1. The Labute approximate surface area is 127 Å². The Morgan fingerprint density at radius 2 is 2.14 bits per heavy atom. The van der Waals surface area contributed by atoms with Gasteiger partial charge in [-0.15, -0.1) is 11.3 Å². The summed E-state index contributed by atoms with van der Waals surface area (Å²) >= 11 is 1.45. The van der Waals surface area contributed by atoms with Crippen LogP contribution in [0.3, 0.4) is 0 Å². The largest absolute Gasteiger partial charge is 0.459 e. The van der Waals surface area contributed by atoms with Crippen molar-refractivity contribution in [1.82, 2.24) is 4.90 Å². The Morgan fingerprint density at radius 1 is 1.29 bits per heavy atom. The van der Waals surface area contributed by atoms with Crippen molar-refractivity contribution in [3.05, 3.63) is 46.5 Å². The van der Waals surface area contributed by atoms with Gasteiger partial charge in [0.1, 0.15) is 0 Å². The molecule has 2 aromatic heterocycles. The number of sulfone groups is 1. The van der Waals surface area contributed by atoms with Crippen molar-refractivity contribution >= 4 is 27.1 Å². The molecule has 1 amide bonds. The average molecular weight is 325 g/mol. The van der Waals surface area contributed by atoms with Gasteiger partial charge in [-0.2, -0.15) is 0 Å². The first kappa shape index (κ1) is 14.3. The summed E-state index contributed by atoms with van der Waals surface area (Å²) < 4.78 is 29.9. The Kier molecular flexibility index (Phi) is 3.86. The summed E-state index contributed by atoms with van der Waals surface area (Å²) in [6, 6.07) is 6.94. The Bertz CT molecular complexity index is 704. The summed E-state index contributed by atoms with van der Waals surface area (Å²) in [4.78, 5) is 14.7. The molecule has 1 unspecified atom stereocenters. The van der Waals surface area contributed by atoms with E-state index in [4.69, 9.17) is 4.42 Å². The predicted molar refractivity (Wildman–Crippen MR) is 80.1 cm³/mol. The van der Waals surface area contributed by atoms with Crippen LogP contribution in [0.5, 0.6) is 0 Å². The highest BCUT2D eigenvalue weighted by Gasteiger charge is 2.33. The molecule has 3 heterocycles. The van der Waals surface area contributed by atoms with Crippen molar-refractivity contribution in [2.75, 3.05) is 18.8 Å². The summed E-state index contributed by atoms with van der Waals surface area (Å²) in [5.41, 5.74) is 0. The number of carbonyl (C=O) groups excluding carboxylic acids is 1. The third-order valence-corrected chi connectivity index (χ3v) is 6.86. The smallest absolute Gasteiger partial charge is 0.289 e. The van der Waals surface area contributed by atoms with Crippen LogP contribution in [0.1, 0.15) is 27.1 Å². The number of nitrogens with zero attached hydrogens (tertiary/aromatic N) is 1. The quantitative estimate of drug-likeness (QED) is 0.850. The number of furan rings is 1. The van der Waals surface area contributed by atoms with Gasteiger partial charge >= 0.3 is 0 Å². The molecule has 0 radical (unpaired) electrons. The first-order valence-electron chi connectivity index (χ1n) is 6.66. The van der Waals surface area contributed by atoms with Gasteiger partial charge in [0.15, 0.2) is 15.6 Å². The van der Waals surface area contributed by atoms with Gasteiger partial charge in [-0.05, 0) is 30.0 Å². The van der Waals surface area contributed by atoms with E-state index in [0.29, 0.717) is 13.0 Å². The minimum Gasteiger partial charge on any atom is -0.459 e. The summed E-state index contributed by atoms with van der Waals surface area (Å²) in [5.74, 6) is -0.00818. The van der Waals surface area contributed by atoms with Gasteiger partial charge in [-0.1, -0.05) is 6.07 Å². The SMILES string of the molecule is O=C(c1ccco1)N1CCC(c2cccs2)S(=O)(=O)CC1. The zero-order valence-corrected chi connectivity index (χ0v) is 12.9. The van der Waals surface area contributed by atoms with Gasteiger partial charge in [-0.3, -0.25) is 4.79 Å². The molecule has 1 aliphatic heterocycles. The van der Waals surface area contributed by atoms with Crippen LogP contribution in [0.15, 0.2) is 40.3 Å².